The first-order chi connectivity index (χ1) is 10.3. The Bertz CT molecular complexity index is 653. The van der Waals surface area contributed by atoms with Crippen LogP contribution in [-0.4, -0.2) is 28.2 Å². The molecule has 2 rings (SSSR count). The number of amides is 1. The number of halogens is 3. The normalized spacial score (nSPS) is 11.7. The van der Waals surface area contributed by atoms with Gasteiger partial charge in [0.1, 0.15) is 0 Å². The highest BCUT2D eigenvalue weighted by molar-refractivity contribution is 7.15. The maximum absolute atomic E-state index is 12.4. The Morgan fingerprint density at radius 3 is 2.73 bits per heavy atom. The van der Waals surface area contributed by atoms with Gasteiger partial charge in [-0.2, -0.15) is 18.2 Å². The minimum Gasteiger partial charge on any atom is -0.329 e. The topological polar surface area (TPSA) is 68.5 Å². The molecular formula is C12H12F3N3O3S. The Kier molecular flexibility index (Phi) is 4.81. The second-order valence-corrected chi connectivity index (χ2v) is 5.32. The molecule has 0 saturated carbocycles. The van der Waals surface area contributed by atoms with Crippen molar-refractivity contribution in [2.45, 2.75) is 26.1 Å². The first-order valence-corrected chi connectivity index (χ1v) is 7.01. The summed E-state index contributed by atoms with van der Waals surface area (Å²) in [5.74, 6) is -1.73. The van der Waals surface area contributed by atoms with E-state index in [2.05, 4.69) is 14.7 Å². The van der Waals surface area contributed by atoms with Crippen LogP contribution in [0.2, 0.25) is 0 Å². The van der Waals surface area contributed by atoms with Gasteiger partial charge in [0, 0.05) is 11.3 Å². The van der Waals surface area contributed by atoms with Crippen LogP contribution in [0.15, 0.2) is 16.7 Å². The lowest BCUT2D eigenvalue weighted by atomic mass is 10.4. The van der Waals surface area contributed by atoms with E-state index in [0.29, 0.717) is 4.88 Å². The molecule has 2 aromatic rings. The summed E-state index contributed by atoms with van der Waals surface area (Å²) in [4.78, 5) is 21.0. The standard InChI is InChI=1S/C12H12F3N3O3S/c1-3-9(19)18(20-2)6-7-4-5-8(22-7)10-16-11(21-17-10)12(13,14)15/h4-5H,3,6H2,1-2H3. The van der Waals surface area contributed by atoms with Gasteiger partial charge in [-0.1, -0.05) is 12.1 Å². The van der Waals surface area contributed by atoms with Crippen LogP contribution in [0.4, 0.5) is 13.2 Å². The van der Waals surface area contributed by atoms with Gasteiger partial charge in [0.25, 0.3) is 0 Å². The third-order valence-corrected chi connectivity index (χ3v) is 3.72. The largest absolute Gasteiger partial charge is 0.471 e. The van der Waals surface area contributed by atoms with Gasteiger partial charge in [0.05, 0.1) is 18.5 Å². The van der Waals surface area contributed by atoms with Crippen LogP contribution in [-0.2, 0) is 22.4 Å². The molecule has 0 aliphatic heterocycles. The van der Waals surface area contributed by atoms with Crippen molar-refractivity contribution in [3.63, 3.8) is 0 Å². The summed E-state index contributed by atoms with van der Waals surface area (Å²) in [6.45, 7) is 1.89. The molecule has 0 saturated heterocycles. The highest BCUT2D eigenvalue weighted by atomic mass is 32.1. The van der Waals surface area contributed by atoms with E-state index in [9.17, 15) is 18.0 Å². The fourth-order valence-corrected chi connectivity index (χ4v) is 2.50. The monoisotopic (exact) mass is 335 g/mol. The van der Waals surface area contributed by atoms with Crippen molar-refractivity contribution in [3.05, 3.63) is 22.9 Å². The molecule has 10 heteroatoms. The number of hydrogen-bond acceptors (Lipinski definition) is 6. The van der Waals surface area contributed by atoms with Crippen LogP contribution in [0.25, 0.3) is 10.7 Å². The van der Waals surface area contributed by atoms with Crippen LogP contribution < -0.4 is 0 Å². The number of carbonyl (C=O) groups excluding carboxylic acids is 1. The van der Waals surface area contributed by atoms with Crippen molar-refractivity contribution in [2.75, 3.05) is 7.11 Å². The molecule has 0 aliphatic rings. The Hall–Kier alpha value is -1.94. The zero-order chi connectivity index (χ0) is 16.3. The Morgan fingerprint density at radius 1 is 1.45 bits per heavy atom. The van der Waals surface area contributed by atoms with E-state index in [-0.39, 0.29) is 24.7 Å². The second kappa shape index (κ2) is 6.44. The molecule has 1 amide bonds. The van der Waals surface area contributed by atoms with Crippen molar-refractivity contribution < 1.29 is 27.3 Å². The van der Waals surface area contributed by atoms with Gasteiger partial charge in [0.2, 0.25) is 11.7 Å². The molecule has 0 atom stereocenters. The van der Waals surface area contributed by atoms with E-state index in [1.54, 1.807) is 19.1 Å². The maximum atomic E-state index is 12.4. The molecular weight excluding hydrogens is 323 g/mol. The first-order valence-electron chi connectivity index (χ1n) is 6.19. The molecule has 120 valence electrons. The van der Waals surface area contributed by atoms with E-state index in [1.165, 1.54) is 12.2 Å². The van der Waals surface area contributed by atoms with Crippen molar-refractivity contribution >= 4 is 17.2 Å². The zero-order valence-electron chi connectivity index (χ0n) is 11.7. The lowest BCUT2D eigenvalue weighted by Gasteiger charge is -2.17. The van der Waals surface area contributed by atoms with E-state index >= 15 is 0 Å². The quantitative estimate of drug-likeness (QED) is 0.785. The molecule has 0 N–H and O–H groups in total. The molecule has 22 heavy (non-hydrogen) atoms. The number of nitrogens with zero attached hydrogens (tertiary/aromatic N) is 3. The van der Waals surface area contributed by atoms with Crippen LogP contribution >= 0.6 is 11.3 Å². The van der Waals surface area contributed by atoms with Crippen molar-refractivity contribution in [2.24, 2.45) is 0 Å². The molecule has 0 aliphatic carbocycles. The molecule has 0 fully saturated rings. The van der Waals surface area contributed by atoms with Gasteiger partial charge in [-0.05, 0) is 12.1 Å². The van der Waals surface area contributed by atoms with E-state index < -0.39 is 12.1 Å². The molecule has 0 bridgehead atoms. The van der Waals surface area contributed by atoms with Gasteiger partial charge in [-0.3, -0.25) is 9.63 Å². The average Bonchev–Trinajstić information content (AvgIpc) is 3.11. The van der Waals surface area contributed by atoms with Gasteiger partial charge in [-0.15, -0.1) is 11.3 Å². The summed E-state index contributed by atoms with van der Waals surface area (Å²) >= 11 is 1.16. The summed E-state index contributed by atoms with van der Waals surface area (Å²) in [7, 11) is 1.37. The minimum atomic E-state index is -4.67. The van der Waals surface area contributed by atoms with E-state index in [4.69, 9.17) is 4.84 Å². The summed E-state index contributed by atoms with van der Waals surface area (Å²) in [6.07, 6.45) is -4.39. The van der Waals surface area contributed by atoms with E-state index in [0.717, 1.165) is 16.2 Å². The Labute approximate surface area is 127 Å². The molecule has 0 unspecified atom stereocenters. The molecule has 0 spiro atoms. The fourth-order valence-electron chi connectivity index (χ4n) is 1.59. The predicted octanol–water partition coefficient (Wildman–Crippen LogP) is 3.12. The van der Waals surface area contributed by atoms with Crippen LogP contribution in [0.1, 0.15) is 24.1 Å². The number of aromatic nitrogens is 2. The van der Waals surface area contributed by atoms with Gasteiger partial charge in [0.15, 0.2) is 0 Å². The predicted molar refractivity (Wildman–Crippen MR) is 70.5 cm³/mol. The smallest absolute Gasteiger partial charge is 0.329 e. The number of hydroxylamine groups is 2. The third-order valence-electron chi connectivity index (χ3n) is 2.65. The zero-order valence-corrected chi connectivity index (χ0v) is 12.5. The van der Waals surface area contributed by atoms with E-state index in [1.807, 2.05) is 0 Å². The molecule has 0 radical (unpaired) electrons. The minimum absolute atomic E-state index is 0.144. The highest BCUT2D eigenvalue weighted by Gasteiger charge is 2.38. The van der Waals surface area contributed by atoms with Crippen molar-refractivity contribution in [1.29, 1.82) is 0 Å². The number of hydrogen-bond donors (Lipinski definition) is 0. The summed E-state index contributed by atoms with van der Waals surface area (Å²) in [6, 6.07) is 3.23. The van der Waals surface area contributed by atoms with Gasteiger partial charge >= 0.3 is 12.1 Å². The van der Waals surface area contributed by atoms with Gasteiger partial charge in [-0.25, -0.2) is 5.06 Å². The first kappa shape index (κ1) is 16.4. The number of carbonyl (C=O) groups is 1. The third kappa shape index (κ3) is 3.63. The SMILES string of the molecule is CCC(=O)N(Cc1ccc(-c2noc(C(F)(F)F)n2)s1)OC. The fraction of sp³-hybridized carbons (Fsp3) is 0.417. The number of alkyl halides is 3. The maximum Gasteiger partial charge on any atom is 0.471 e. The van der Waals surface area contributed by atoms with Crippen molar-refractivity contribution in [3.8, 4) is 10.7 Å². The number of thiophene rings is 1. The molecule has 2 heterocycles. The summed E-state index contributed by atoms with van der Waals surface area (Å²) < 4.78 is 41.4. The molecule has 2 aromatic heterocycles. The Balaban J connectivity index is 2.14. The lowest BCUT2D eigenvalue weighted by molar-refractivity contribution is -0.178. The summed E-state index contributed by atoms with van der Waals surface area (Å²) in [5, 5.41) is 4.48. The average molecular weight is 335 g/mol. The van der Waals surface area contributed by atoms with Crippen LogP contribution in [0, 0.1) is 0 Å². The van der Waals surface area contributed by atoms with Crippen molar-refractivity contribution in [1.82, 2.24) is 15.2 Å². The lowest BCUT2D eigenvalue weighted by Crippen LogP contribution is -2.28. The van der Waals surface area contributed by atoms with Crippen LogP contribution in [0.5, 0.6) is 0 Å². The second-order valence-electron chi connectivity index (χ2n) is 4.15. The van der Waals surface area contributed by atoms with Crippen LogP contribution in [0.3, 0.4) is 0 Å². The highest BCUT2D eigenvalue weighted by Crippen LogP contribution is 2.32. The summed E-state index contributed by atoms with van der Waals surface area (Å²) in [5.41, 5.74) is 0. The van der Waals surface area contributed by atoms with Gasteiger partial charge < -0.3 is 4.52 Å². The number of rotatable bonds is 5. The Morgan fingerprint density at radius 2 is 2.18 bits per heavy atom. The molecule has 6 nitrogen and oxygen atoms in total. The molecule has 0 aromatic carbocycles.